The third-order valence-electron chi connectivity index (χ3n) is 3.27. The van der Waals surface area contributed by atoms with Crippen LogP contribution in [0.15, 0.2) is 34.8 Å². The Morgan fingerprint density at radius 3 is 2.29 bits per heavy atom. The molecule has 0 amide bonds. The maximum atomic E-state index is 6.39. The molecule has 0 saturated heterocycles. The van der Waals surface area contributed by atoms with Gasteiger partial charge < -0.3 is 9.47 Å². The summed E-state index contributed by atoms with van der Waals surface area (Å²) >= 11 is 13.8. The van der Waals surface area contributed by atoms with Crippen LogP contribution in [-0.2, 0) is 0 Å². The average molecular weight is 435 g/mol. The molecule has 5 heteroatoms. The first-order chi connectivity index (χ1) is 9.99. The van der Waals surface area contributed by atoms with E-state index >= 15 is 0 Å². The first kappa shape index (κ1) is 16.7. The quantitative estimate of drug-likeness (QED) is 0.557. The monoisotopic (exact) mass is 432 g/mol. The summed E-state index contributed by atoms with van der Waals surface area (Å²) in [6, 6.07) is 9.81. The maximum absolute atomic E-state index is 6.39. The Morgan fingerprint density at radius 1 is 1.05 bits per heavy atom. The van der Waals surface area contributed by atoms with Gasteiger partial charge in [-0.1, -0.05) is 61.7 Å². The second-order valence-corrected chi connectivity index (χ2v) is 6.69. The van der Waals surface area contributed by atoms with Gasteiger partial charge in [0, 0.05) is 15.6 Å². The Morgan fingerprint density at radius 2 is 1.67 bits per heavy atom. The van der Waals surface area contributed by atoms with Crippen molar-refractivity contribution >= 4 is 43.5 Å². The highest BCUT2D eigenvalue weighted by molar-refractivity contribution is 9.11. The van der Waals surface area contributed by atoms with Gasteiger partial charge in [-0.05, 0) is 29.7 Å². The minimum Gasteiger partial charge on any atom is -0.493 e. The van der Waals surface area contributed by atoms with Crippen molar-refractivity contribution in [2.24, 2.45) is 0 Å². The van der Waals surface area contributed by atoms with Gasteiger partial charge in [-0.3, -0.25) is 0 Å². The van der Waals surface area contributed by atoms with Crippen molar-refractivity contribution in [3.63, 3.8) is 0 Å². The van der Waals surface area contributed by atoms with E-state index < -0.39 is 0 Å². The number of ether oxygens (including phenoxy) is 2. The fraction of sp³-hybridized carbons (Fsp3) is 0.250. The lowest BCUT2D eigenvalue weighted by Gasteiger charge is -2.18. The van der Waals surface area contributed by atoms with Crippen molar-refractivity contribution < 1.29 is 9.47 Å². The van der Waals surface area contributed by atoms with E-state index in [-0.39, 0.29) is 4.83 Å². The average Bonchev–Trinajstić information content (AvgIpc) is 2.49. The molecule has 0 fully saturated rings. The van der Waals surface area contributed by atoms with E-state index in [1.807, 2.05) is 12.1 Å². The normalized spacial score (nSPS) is 12.1. The van der Waals surface area contributed by atoms with Gasteiger partial charge in [0.1, 0.15) is 0 Å². The molecule has 0 aliphatic carbocycles. The SMILES string of the molecule is COc1cc(Cl)c(C(Br)c2cccc(C)c2Br)cc1OC. The predicted octanol–water partition coefficient (Wildman–Crippen LogP) is 5.91. The van der Waals surface area contributed by atoms with Crippen LogP contribution in [-0.4, -0.2) is 14.2 Å². The van der Waals surface area contributed by atoms with Crippen LogP contribution in [0.25, 0.3) is 0 Å². The molecule has 0 heterocycles. The number of hydrogen-bond acceptors (Lipinski definition) is 2. The highest BCUT2D eigenvalue weighted by Gasteiger charge is 2.20. The molecule has 0 bridgehead atoms. The lowest BCUT2D eigenvalue weighted by atomic mass is 10.0. The summed E-state index contributed by atoms with van der Waals surface area (Å²) in [6.45, 7) is 2.06. The number of halogens is 3. The molecule has 1 atom stereocenters. The van der Waals surface area contributed by atoms with Crippen molar-refractivity contribution in [3.05, 3.63) is 56.5 Å². The number of methoxy groups -OCH3 is 2. The number of aryl methyl sites for hydroxylation is 1. The largest absolute Gasteiger partial charge is 0.493 e. The first-order valence-electron chi connectivity index (χ1n) is 6.30. The van der Waals surface area contributed by atoms with Crippen LogP contribution in [0, 0.1) is 6.92 Å². The van der Waals surface area contributed by atoms with E-state index in [1.165, 1.54) is 5.56 Å². The highest BCUT2D eigenvalue weighted by atomic mass is 79.9. The molecule has 112 valence electrons. The van der Waals surface area contributed by atoms with Gasteiger partial charge in [-0.2, -0.15) is 0 Å². The van der Waals surface area contributed by atoms with Crippen LogP contribution in [0.2, 0.25) is 5.02 Å². The Bertz CT molecular complexity index is 659. The van der Waals surface area contributed by atoms with Crippen molar-refractivity contribution in [1.82, 2.24) is 0 Å². The molecule has 0 N–H and O–H groups in total. The summed E-state index contributed by atoms with van der Waals surface area (Å²) in [4.78, 5) is -0.0425. The third-order valence-corrected chi connectivity index (χ3v) is 5.67. The molecule has 21 heavy (non-hydrogen) atoms. The number of hydrogen-bond donors (Lipinski definition) is 0. The third kappa shape index (κ3) is 3.38. The van der Waals surface area contributed by atoms with Crippen LogP contribution < -0.4 is 9.47 Å². The zero-order valence-corrected chi connectivity index (χ0v) is 15.8. The fourth-order valence-electron chi connectivity index (χ4n) is 2.10. The molecule has 2 aromatic carbocycles. The van der Waals surface area contributed by atoms with E-state index in [0.717, 1.165) is 15.6 Å². The minimum atomic E-state index is -0.0425. The van der Waals surface area contributed by atoms with Gasteiger partial charge in [0.05, 0.1) is 19.0 Å². The lowest BCUT2D eigenvalue weighted by molar-refractivity contribution is 0.354. The zero-order chi connectivity index (χ0) is 15.6. The van der Waals surface area contributed by atoms with E-state index in [4.69, 9.17) is 21.1 Å². The summed E-state index contributed by atoms with van der Waals surface area (Å²) < 4.78 is 11.7. The van der Waals surface area contributed by atoms with Crippen LogP contribution in [0.4, 0.5) is 0 Å². The number of rotatable bonds is 4. The highest BCUT2D eigenvalue weighted by Crippen LogP contribution is 2.43. The summed E-state index contributed by atoms with van der Waals surface area (Å²) in [5.41, 5.74) is 3.22. The molecule has 0 aliphatic rings. The van der Waals surface area contributed by atoms with Crippen LogP contribution in [0.1, 0.15) is 21.5 Å². The Balaban J connectivity index is 2.53. The van der Waals surface area contributed by atoms with E-state index in [9.17, 15) is 0 Å². The molecule has 2 nitrogen and oxygen atoms in total. The fourth-order valence-corrected chi connectivity index (χ4v) is 4.05. The van der Waals surface area contributed by atoms with E-state index in [0.29, 0.717) is 16.5 Å². The summed E-state index contributed by atoms with van der Waals surface area (Å²) in [6.07, 6.45) is 0. The second kappa shape index (κ2) is 7.03. The molecule has 2 rings (SSSR count). The molecule has 0 aliphatic heterocycles. The number of benzene rings is 2. The van der Waals surface area contributed by atoms with Crippen molar-refractivity contribution in [3.8, 4) is 11.5 Å². The van der Waals surface area contributed by atoms with Gasteiger partial charge in [-0.25, -0.2) is 0 Å². The van der Waals surface area contributed by atoms with Crippen LogP contribution in [0.5, 0.6) is 11.5 Å². The maximum Gasteiger partial charge on any atom is 0.162 e. The van der Waals surface area contributed by atoms with Gasteiger partial charge in [0.2, 0.25) is 0 Å². The first-order valence-corrected chi connectivity index (χ1v) is 8.38. The molecule has 0 saturated carbocycles. The molecular weight excluding hydrogens is 419 g/mol. The minimum absolute atomic E-state index is 0.0425. The van der Waals surface area contributed by atoms with Crippen LogP contribution in [0.3, 0.4) is 0 Å². The van der Waals surface area contributed by atoms with Gasteiger partial charge in [-0.15, -0.1) is 0 Å². The Hall–Kier alpha value is -0.710. The molecule has 0 spiro atoms. The topological polar surface area (TPSA) is 18.5 Å². The summed E-state index contributed by atoms with van der Waals surface area (Å²) in [5, 5.41) is 0.628. The molecule has 0 aromatic heterocycles. The van der Waals surface area contributed by atoms with Gasteiger partial charge in [0.15, 0.2) is 11.5 Å². The predicted molar refractivity (Wildman–Crippen MR) is 94.2 cm³/mol. The van der Waals surface area contributed by atoms with Crippen molar-refractivity contribution in [1.29, 1.82) is 0 Å². The second-order valence-electron chi connectivity index (χ2n) is 4.57. The lowest BCUT2D eigenvalue weighted by Crippen LogP contribution is -1.99. The smallest absolute Gasteiger partial charge is 0.162 e. The van der Waals surface area contributed by atoms with Crippen LogP contribution >= 0.6 is 43.5 Å². The zero-order valence-electron chi connectivity index (χ0n) is 11.9. The van der Waals surface area contributed by atoms with E-state index in [2.05, 4.69) is 50.9 Å². The molecule has 2 aromatic rings. The molecular formula is C16H15Br2ClO2. The van der Waals surface area contributed by atoms with Gasteiger partial charge >= 0.3 is 0 Å². The molecule has 1 unspecified atom stereocenters. The summed E-state index contributed by atoms with van der Waals surface area (Å²) in [5.74, 6) is 1.28. The number of alkyl halides is 1. The van der Waals surface area contributed by atoms with Crippen molar-refractivity contribution in [2.75, 3.05) is 14.2 Å². The standard InChI is InChI=1S/C16H15Br2ClO2/c1-9-5-4-6-10(15(9)17)16(18)11-7-13(20-2)14(21-3)8-12(11)19/h4-8,16H,1-3H3. The van der Waals surface area contributed by atoms with Gasteiger partial charge in [0.25, 0.3) is 0 Å². The summed E-state index contributed by atoms with van der Waals surface area (Å²) in [7, 11) is 3.21. The Labute approximate surface area is 146 Å². The van der Waals surface area contributed by atoms with Crippen molar-refractivity contribution in [2.45, 2.75) is 11.8 Å². The van der Waals surface area contributed by atoms with E-state index in [1.54, 1.807) is 20.3 Å². The Kier molecular flexibility index (Phi) is 5.58. The molecule has 0 radical (unpaired) electrons.